The summed E-state index contributed by atoms with van der Waals surface area (Å²) in [5.74, 6) is -0.447. The number of anilines is 1. The third kappa shape index (κ3) is 3.76. The first-order valence-corrected chi connectivity index (χ1v) is 7.76. The van der Waals surface area contributed by atoms with Gasteiger partial charge in [0.1, 0.15) is 5.75 Å². The number of aromatic hydroxyl groups is 1. The SMILES string of the molecule is CCOC(=O)[C@H](C)[C@@H](Nc1ccccc1O)c1cccs1. The van der Waals surface area contributed by atoms with Crippen LogP contribution in [-0.2, 0) is 9.53 Å². The van der Waals surface area contributed by atoms with Gasteiger partial charge in [-0.3, -0.25) is 4.79 Å². The highest BCUT2D eigenvalue weighted by Gasteiger charge is 2.28. The highest BCUT2D eigenvalue weighted by atomic mass is 32.1. The van der Waals surface area contributed by atoms with Crippen molar-refractivity contribution in [1.82, 2.24) is 0 Å². The van der Waals surface area contributed by atoms with Gasteiger partial charge in [0.2, 0.25) is 0 Å². The van der Waals surface area contributed by atoms with Gasteiger partial charge in [0.25, 0.3) is 0 Å². The maximum absolute atomic E-state index is 12.0. The molecule has 112 valence electrons. The number of benzene rings is 1. The van der Waals surface area contributed by atoms with Gasteiger partial charge in [-0.25, -0.2) is 0 Å². The fourth-order valence-electron chi connectivity index (χ4n) is 2.08. The maximum Gasteiger partial charge on any atom is 0.311 e. The van der Waals surface area contributed by atoms with Crippen molar-refractivity contribution in [3.05, 3.63) is 46.7 Å². The maximum atomic E-state index is 12.0. The van der Waals surface area contributed by atoms with E-state index >= 15 is 0 Å². The third-order valence-corrected chi connectivity index (χ3v) is 4.18. The lowest BCUT2D eigenvalue weighted by Gasteiger charge is -2.24. The van der Waals surface area contributed by atoms with Gasteiger partial charge >= 0.3 is 5.97 Å². The number of ether oxygens (including phenoxy) is 1. The molecule has 0 bridgehead atoms. The Kier molecular flexibility index (Phi) is 5.22. The molecule has 21 heavy (non-hydrogen) atoms. The van der Waals surface area contributed by atoms with E-state index < -0.39 is 0 Å². The molecule has 2 atom stereocenters. The Hall–Kier alpha value is -2.01. The summed E-state index contributed by atoms with van der Waals surface area (Å²) in [6, 6.07) is 10.7. The molecule has 1 heterocycles. The molecule has 0 unspecified atom stereocenters. The van der Waals surface area contributed by atoms with Gasteiger partial charge in [-0.05, 0) is 37.4 Å². The number of thiophene rings is 1. The normalized spacial score (nSPS) is 13.4. The van der Waals surface area contributed by atoms with Crippen molar-refractivity contribution in [3.8, 4) is 5.75 Å². The number of carbonyl (C=O) groups is 1. The first-order chi connectivity index (χ1) is 10.1. The number of carbonyl (C=O) groups excluding carboxylic acids is 1. The molecule has 5 heteroatoms. The van der Waals surface area contributed by atoms with E-state index in [2.05, 4.69) is 5.32 Å². The lowest BCUT2D eigenvalue weighted by atomic mass is 10.00. The minimum atomic E-state index is -0.358. The Balaban J connectivity index is 2.25. The van der Waals surface area contributed by atoms with Crippen LogP contribution >= 0.6 is 11.3 Å². The predicted octanol–water partition coefficient (Wildman–Crippen LogP) is 3.81. The second-order valence-electron chi connectivity index (χ2n) is 4.70. The summed E-state index contributed by atoms with van der Waals surface area (Å²) < 4.78 is 5.11. The topological polar surface area (TPSA) is 58.6 Å². The van der Waals surface area contributed by atoms with E-state index in [4.69, 9.17) is 4.74 Å². The highest BCUT2D eigenvalue weighted by molar-refractivity contribution is 7.10. The van der Waals surface area contributed by atoms with E-state index in [1.165, 1.54) is 0 Å². The fourth-order valence-corrected chi connectivity index (χ4v) is 2.96. The van der Waals surface area contributed by atoms with Crippen LogP contribution in [-0.4, -0.2) is 17.7 Å². The molecule has 0 aliphatic carbocycles. The van der Waals surface area contributed by atoms with Crippen LogP contribution in [0.1, 0.15) is 24.8 Å². The molecular weight excluding hydrogens is 286 g/mol. The van der Waals surface area contributed by atoms with Gasteiger partial charge < -0.3 is 15.2 Å². The van der Waals surface area contributed by atoms with Gasteiger partial charge in [-0.1, -0.05) is 18.2 Å². The lowest BCUT2D eigenvalue weighted by molar-refractivity contribution is -0.147. The summed E-state index contributed by atoms with van der Waals surface area (Å²) in [7, 11) is 0. The van der Waals surface area contributed by atoms with Gasteiger partial charge in [0.15, 0.2) is 0 Å². The molecule has 0 amide bonds. The van der Waals surface area contributed by atoms with E-state index in [1.807, 2.05) is 30.5 Å². The molecule has 2 rings (SSSR count). The minimum Gasteiger partial charge on any atom is -0.506 e. The number of nitrogens with one attached hydrogen (secondary N) is 1. The van der Waals surface area contributed by atoms with Gasteiger partial charge in [0, 0.05) is 4.88 Å². The first kappa shape index (κ1) is 15.4. The van der Waals surface area contributed by atoms with Crippen LogP contribution in [0, 0.1) is 5.92 Å². The Morgan fingerprint density at radius 2 is 2.10 bits per heavy atom. The molecule has 2 aromatic rings. The van der Waals surface area contributed by atoms with Gasteiger partial charge in [-0.2, -0.15) is 0 Å². The molecule has 0 radical (unpaired) electrons. The molecule has 2 N–H and O–H groups in total. The van der Waals surface area contributed by atoms with E-state index in [0.717, 1.165) is 4.88 Å². The summed E-state index contributed by atoms with van der Waals surface area (Å²) in [6.07, 6.45) is 0. The molecule has 0 saturated heterocycles. The van der Waals surface area contributed by atoms with Crippen LogP contribution in [0.3, 0.4) is 0 Å². The summed E-state index contributed by atoms with van der Waals surface area (Å²) in [6.45, 7) is 3.98. The molecule has 1 aromatic heterocycles. The van der Waals surface area contributed by atoms with Gasteiger partial charge in [-0.15, -0.1) is 11.3 Å². The molecule has 0 saturated carbocycles. The second kappa shape index (κ2) is 7.13. The van der Waals surface area contributed by atoms with Crippen LogP contribution in [0.5, 0.6) is 5.75 Å². The average Bonchev–Trinajstić information content (AvgIpc) is 3.00. The van der Waals surface area contributed by atoms with Crippen molar-refractivity contribution in [1.29, 1.82) is 0 Å². The quantitative estimate of drug-likeness (QED) is 0.629. The fraction of sp³-hybridized carbons (Fsp3) is 0.312. The number of hydrogen-bond acceptors (Lipinski definition) is 5. The van der Waals surface area contributed by atoms with Gasteiger partial charge in [0.05, 0.1) is 24.3 Å². The molecule has 0 spiro atoms. The van der Waals surface area contributed by atoms with Crippen molar-refractivity contribution in [2.45, 2.75) is 19.9 Å². The number of phenols is 1. The molecular formula is C16H19NO3S. The molecule has 0 aliphatic rings. The lowest BCUT2D eigenvalue weighted by Crippen LogP contribution is -2.26. The van der Waals surface area contributed by atoms with E-state index in [9.17, 15) is 9.90 Å². The zero-order chi connectivity index (χ0) is 15.2. The van der Waals surface area contributed by atoms with Crippen LogP contribution < -0.4 is 5.32 Å². The van der Waals surface area contributed by atoms with Crippen LogP contribution in [0.2, 0.25) is 0 Å². The minimum absolute atomic E-state index is 0.162. The number of para-hydroxylation sites is 2. The largest absolute Gasteiger partial charge is 0.506 e. The predicted molar refractivity (Wildman–Crippen MR) is 84.6 cm³/mol. The standard InChI is InChI=1S/C16H19NO3S/c1-3-20-16(19)11(2)15(14-9-6-10-21-14)17-12-7-4-5-8-13(12)18/h4-11,15,17-18H,3H2,1-2H3/t11-,15-/m1/s1. The molecule has 4 nitrogen and oxygen atoms in total. The van der Waals surface area contributed by atoms with E-state index in [0.29, 0.717) is 12.3 Å². The molecule has 0 aliphatic heterocycles. The van der Waals surface area contributed by atoms with Crippen LogP contribution in [0.15, 0.2) is 41.8 Å². The zero-order valence-electron chi connectivity index (χ0n) is 12.1. The number of rotatable bonds is 6. The number of hydrogen-bond donors (Lipinski definition) is 2. The molecule has 0 fully saturated rings. The zero-order valence-corrected chi connectivity index (χ0v) is 12.9. The first-order valence-electron chi connectivity index (χ1n) is 6.88. The van der Waals surface area contributed by atoms with E-state index in [-0.39, 0.29) is 23.7 Å². The number of phenolic OH excluding ortho intramolecular Hbond substituents is 1. The van der Waals surface area contributed by atoms with E-state index in [1.54, 1.807) is 36.5 Å². The Bertz CT molecular complexity index is 583. The summed E-state index contributed by atoms with van der Waals surface area (Å²) in [5, 5.41) is 15.1. The average molecular weight is 305 g/mol. The summed E-state index contributed by atoms with van der Waals surface area (Å²) in [5.41, 5.74) is 0.604. The van der Waals surface area contributed by atoms with Crippen molar-refractivity contribution in [3.63, 3.8) is 0 Å². The smallest absolute Gasteiger partial charge is 0.311 e. The third-order valence-electron chi connectivity index (χ3n) is 3.22. The van der Waals surface area contributed by atoms with Crippen molar-refractivity contribution in [2.75, 3.05) is 11.9 Å². The Morgan fingerprint density at radius 1 is 1.33 bits per heavy atom. The summed E-state index contributed by atoms with van der Waals surface area (Å²) in [4.78, 5) is 13.1. The monoisotopic (exact) mass is 305 g/mol. The Morgan fingerprint density at radius 3 is 2.71 bits per heavy atom. The molecule has 1 aromatic carbocycles. The van der Waals surface area contributed by atoms with Crippen LogP contribution in [0.25, 0.3) is 0 Å². The second-order valence-corrected chi connectivity index (χ2v) is 5.67. The van der Waals surface area contributed by atoms with Crippen LogP contribution in [0.4, 0.5) is 5.69 Å². The summed E-state index contributed by atoms with van der Waals surface area (Å²) >= 11 is 1.57. The highest BCUT2D eigenvalue weighted by Crippen LogP contribution is 2.33. The number of esters is 1. The Labute approximate surface area is 128 Å². The van der Waals surface area contributed by atoms with Crippen molar-refractivity contribution in [2.24, 2.45) is 5.92 Å². The van der Waals surface area contributed by atoms with Crippen molar-refractivity contribution < 1.29 is 14.6 Å². The van der Waals surface area contributed by atoms with Crippen molar-refractivity contribution >= 4 is 23.0 Å².